The number of nitrogens with one attached hydrogen (secondary N) is 3. The number of halogens is 2. The highest BCUT2D eigenvalue weighted by Crippen LogP contribution is 2.32. The molecule has 0 aliphatic carbocycles. The molecule has 224 valence electrons. The van der Waals surface area contributed by atoms with Gasteiger partial charge in [0.1, 0.15) is 11.4 Å². The van der Waals surface area contributed by atoms with Crippen LogP contribution in [0, 0.1) is 5.41 Å². The molecule has 0 spiro atoms. The van der Waals surface area contributed by atoms with Crippen molar-refractivity contribution in [2.24, 2.45) is 5.41 Å². The van der Waals surface area contributed by atoms with E-state index in [0.717, 1.165) is 16.5 Å². The van der Waals surface area contributed by atoms with Crippen LogP contribution in [0.4, 0.5) is 8.78 Å². The van der Waals surface area contributed by atoms with Crippen LogP contribution in [-0.2, 0) is 30.3 Å². The van der Waals surface area contributed by atoms with Crippen LogP contribution in [0.5, 0.6) is 5.75 Å². The van der Waals surface area contributed by atoms with Gasteiger partial charge in [0.05, 0.1) is 18.6 Å². The van der Waals surface area contributed by atoms with E-state index in [1.54, 1.807) is 38.3 Å². The molecule has 1 aliphatic rings. The van der Waals surface area contributed by atoms with Crippen LogP contribution in [0.2, 0.25) is 0 Å². The maximum absolute atomic E-state index is 13.4. The number of ether oxygens (including phenoxy) is 3. The standard InChI is InChI=1S/C27H35F2N5O7/c1-3-40-26(38)27(8-5-11-39-2)14-18-6-4-7-19(12-18)41-16-23(36)30-9-10-34(15-22(35)31-17-27)25(37)21-13-20(24(28)29)32-33-21/h4,6-7,12-13,24H,3,5,8-11,14-17H2,1-2H3,(H,30,36)(H,31,35)(H,32,33). The van der Waals surface area contributed by atoms with Crippen LogP contribution in [-0.4, -0.2) is 91.9 Å². The Morgan fingerprint density at radius 3 is 2.71 bits per heavy atom. The Hall–Kier alpha value is -4.07. The van der Waals surface area contributed by atoms with Crippen LogP contribution >= 0.6 is 0 Å². The SMILES string of the molecule is CCOC(=O)C1(CCCOC)CNC(=O)CN(C(=O)c2cc(C(F)F)[nH]n2)CCNC(=O)COc2cccc(c2)C1. The maximum Gasteiger partial charge on any atom is 0.314 e. The van der Waals surface area contributed by atoms with Gasteiger partial charge in [-0.15, -0.1) is 0 Å². The maximum atomic E-state index is 13.4. The van der Waals surface area contributed by atoms with Gasteiger partial charge >= 0.3 is 5.97 Å². The van der Waals surface area contributed by atoms with Gasteiger partial charge in [0, 0.05) is 33.4 Å². The van der Waals surface area contributed by atoms with Gasteiger partial charge < -0.3 is 29.7 Å². The Morgan fingerprint density at radius 1 is 1.20 bits per heavy atom. The monoisotopic (exact) mass is 579 g/mol. The molecule has 2 heterocycles. The second kappa shape index (κ2) is 15.1. The van der Waals surface area contributed by atoms with Crippen LogP contribution in [0.25, 0.3) is 0 Å². The van der Waals surface area contributed by atoms with E-state index in [1.165, 1.54) is 0 Å². The zero-order valence-corrected chi connectivity index (χ0v) is 23.0. The molecule has 3 rings (SSSR count). The average molecular weight is 580 g/mol. The van der Waals surface area contributed by atoms with Crippen molar-refractivity contribution < 1.29 is 42.2 Å². The van der Waals surface area contributed by atoms with E-state index in [2.05, 4.69) is 20.8 Å². The van der Waals surface area contributed by atoms with E-state index in [-0.39, 0.29) is 45.0 Å². The van der Waals surface area contributed by atoms with E-state index in [1.807, 2.05) is 0 Å². The molecule has 0 fully saturated rings. The summed E-state index contributed by atoms with van der Waals surface area (Å²) in [5, 5.41) is 11.1. The van der Waals surface area contributed by atoms with Gasteiger partial charge in [-0.05, 0) is 49.9 Å². The van der Waals surface area contributed by atoms with Gasteiger partial charge in [-0.25, -0.2) is 8.78 Å². The molecule has 3 N–H and O–H groups in total. The first-order chi connectivity index (χ1) is 19.7. The fraction of sp³-hybridized carbons (Fsp3) is 0.519. The number of H-pyrrole nitrogens is 1. The summed E-state index contributed by atoms with van der Waals surface area (Å²) in [6, 6.07) is 7.86. The lowest BCUT2D eigenvalue weighted by Crippen LogP contribution is -2.49. The van der Waals surface area contributed by atoms with Gasteiger partial charge in [-0.2, -0.15) is 5.10 Å². The number of esters is 1. The highest BCUT2D eigenvalue weighted by Gasteiger charge is 2.40. The van der Waals surface area contributed by atoms with Gasteiger partial charge in [0.15, 0.2) is 12.3 Å². The molecule has 14 heteroatoms. The molecule has 12 nitrogen and oxygen atoms in total. The number of aromatic amines is 1. The first kappa shape index (κ1) is 31.5. The van der Waals surface area contributed by atoms with Gasteiger partial charge in [-0.1, -0.05) is 12.1 Å². The summed E-state index contributed by atoms with van der Waals surface area (Å²) in [5.74, 6) is -1.96. The van der Waals surface area contributed by atoms with Crippen molar-refractivity contribution in [3.63, 3.8) is 0 Å². The Balaban J connectivity index is 1.93. The molecule has 1 aromatic heterocycles. The third kappa shape index (κ3) is 8.96. The van der Waals surface area contributed by atoms with Crippen LogP contribution in [0.15, 0.2) is 30.3 Å². The second-order valence-corrected chi connectivity index (χ2v) is 9.57. The minimum absolute atomic E-state index is 0.0445. The molecular weight excluding hydrogens is 544 g/mol. The highest BCUT2D eigenvalue weighted by molar-refractivity contribution is 5.95. The largest absolute Gasteiger partial charge is 0.484 e. The minimum atomic E-state index is -2.87. The number of alkyl halides is 2. The number of nitrogens with zero attached hydrogens (tertiary/aromatic N) is 2. The predicted octanol–water partition coefficient (Wildman–Crippen LogP) is 1.63. The number of carbonyl (C=O) groups excluding carboxylic acids is 4. The lowest BCUT2D eigenvalue weighted by Gasteiger charge is -2.32. The van der Waals surface area contributed by atoms with Crippen molar-refractivity contribution >= 4 is 23.7 Å². The number of aromatic nitrogens is 2. The van der Waals surface area contributed by atoms with Crippen molar-refractivity contribution in [2.75, 3.05) is 53.1 Å². The van der Waals surface area contributed by atoms with Crippen molar-refractivity contribution in [1.82, 2.24) is 25.7 Å². The predicted molar refractivity (Wildman–Crippen MR) is 141 cm³/mol. The van der Waals surface area contributed by atoms with Gasteiger partial charge in [-0.3, -0.25) is 24.3 Å². The summed E-state index contributed by atoms with van der Waals surface area (Å²) in [4.78, 5) is 53.1. The molecule has 0 saturated heterocycles. The summed E-state index contributed by atoms with van der Waals surface area (Å²) < 4.78 is 42.3. The molecule has 1 aromatic carbocycles. The lowest BCUT2D eigenvalue weighted by molar-refractivity contribution is -0.156. The Bertz CT molecular complexity index is 1210. The number of hydrogen-bond donors (Lipinski definition) is 3. The third-order valence-electron chi connectivity index (χ3n) is 6.52. The summed E-state index contributed by atoms with van der Waals surface area (Å²) in [7, 11) is 1.55. The van der Waals surface area contributed by atoms with Crippen LogP contribution < -0.4 is 15.4 Å². The number of rotatable bonds is 8. The molecule has 0 saturated carbocycles. The van der Waals surface area contributed by atoms with E-state index in [4.69, 9.17) is 14.2 Å². The summed E-state index contributed by atoms with van der Waals surface area (Å²) in [6.07, 6.45) is -1.87. The number of benzene rings is 1. The fourth-order valence-electron chi connectivity index (χ4n) is 4.46. The number of fused-ring (bicyclic) bond motifs is 2. The van der Waals surface area contributed by atoms with Crippen molar-refractivity contribution in [2.45, 2.75) is 32.6 Å². The van der Waals surface area contributed by atoms with Crippen LogP contribution in [0.1, 0.15) is 47.9 Å². The van der Waals surface area contributed by atoms with E-state index in [0.29, 0.717) is 25.2 Å². The molecule has 41 heavy (non-hydrogen) atoms. The van der Waals surface area contributed by atoms with Gasteiger partial charge in [0.25, 0.3) is 18.2 Å². The highest BCUT2D eigenvalue weighted by atomic mass is 19.3. The normalized spacial score (nSPS) is 18.8. The lowest BCUT2D eigenvalue weighted by atomic mass is 9.77. The molecular formula is C27H35F2N5O7. The Kier molecular flexibility index (Phi) is 11.6. The van der Waals surface area contributed by atoms with E-state index >= 15 is 0 Å². The summed E-state index contributed by atoms with van der Waals surface area (Å²) >= 11 is 0. The van der Waals surface area contributed by atoms with Crippen molar-refractivity contribution in [1.29, 1.82) is 0 Å². The van der Waals surface area contributed by atoms with Crippen molar-refractivity contribution in [3.05, 3.63) is 47.3 Å². The third-order valence-corrected chi connectivity index (χ3v) is 6.52. The second-order valence-electron chi connectivity index (χ2n) is 9.57. The molecule has 2 bridgehead atoms. The molecule has 1 atom stereocenters. The minimum Gasteiger partial charge on any atom is -0.484 e. The first-order valence-corrected chi connectivity index (χ1v) is 13.2. The number of carbonyl (C=O) groups is 4. The quantitative estimate of drug-likeness (QED) is 0.315. The van der Waals surface area contributed by atoms with Crippen LogP contribution in [0.3, 0.4) is 0 Å². The first-order valence-electron chi connectivity index (χ1n) is 13.2. The number of amides is 3. The molecule has 2 aromatic rings. The smallest absolute Gasteiger partial charge is 0.314 e. The Labute approximate surface area is 236 Å². The molecule has 1 aliphatic heterocycles. The fourth-order valence-corrected chi connectivity index (χ4v) is 4.46. The topological polar surface area (TPSA) is 152 Å². The van der Waals surface area contributed by atoms with Gasteiger partial charge in [0.2, 0.25) is 5.91 Å². The molecule has 3 amide bonds. The van der Waals surface area contributed by atoms with E-state index in [9.17, 15) is 28.0 Å². The average Bonchev–Trinajstić information content (AvgIpc) is 3.45. The number of methoxy groups -OCH3 is 1. The molecule has 0 radical (unpaired) electrons. The zero-order valence-electron chi connectivity index (χ0n) is 23.0. The Morgan fingerprint density at radius 2 is 2.00 bits per heavy atom. The van der Waals surface area contributed by atoms with Crippen molar-refractivity contribution in [3.8, 4) is 5.75 Å². The number of hydrogen-bond acceptors (Lipinski definition) is 8. The zero-order chi connectivity index (χ0) is 29.8. The summed E-state index contributed by atoms with van der Waals surface area (Å²) in [5.41, 5.74) is -1.31. The molecule has 1 unspecified atom stereocenters. The van der Waals surface area contributed by atoms with E-state index < -0.39 is 47.8 Å². The summed E-state index contributed by atoms with van der Waals surface area (Å²) in [6.45, 7) is 1.13.